The first-order valence-corrected chi connectivity index (χ1v) is 7.70. The van der Waals surface area contributed by atoms with Crippen LogP contribution in [0.15, 0.2) is 30.3 Å². The number of benzene rings is 1. The lowest BCUT2D eigenvalue weighted by atomic mass is 9.81. The normalized spacial score (nSPS) is 18.6. The van der Waals surface area contributed by atoms with Crippen molar-refractivity contribution < 1.29 is 10.0 Å². The molecule has 2 N–H and O–H groups in total. The summed E-state index contributed by atoms with van der Waals surface area (Å²) in [6, 6.07) is 9.92. The van der Waals surface area contributed by atoms with Crippen molar-refractivity contribution in [2.45, 2.75) is 38.7 Å². The van der Waals surface area contributed by atoms with Crippen molar-refractivity contribution in [2.75, 3.05) is 19.6 Å². The summed E-state index contributed by atoms with van der Waals surface area (Å²) in [6.45, 7) is 7.54. The second kappa shape index (κ2) is 6.92. The molecule has 1 fully saturated rings. The van der Waals surface area contributed by atoms with Crippen LogP contribution in [0.25, 0.3) is 0 Å². The molecule has 2 rings (SSSR count). The zero-order valence-electron chi connectivity index (χ0n) is 12.7. The van der Waals surface area contributed by atoms with E-state index in [1.165, 1.54) is 25.9 Å². The summed E-state index contributed by atoms with van der Waals surface area (Å²) in [7, 11) is 0. The summed E-state index contributed by atoms with van der Waals surface area (Å²) in [5.41, 5.74) is 0.132. The quantitative estimate of drug-likeness (QED) is 0.800. The van der Waals surface area contributed by atoms with E-state index >= 15 is 0 Å². The average molecular weight is 272 g/mol. The van der Waals surface area contributed by atoms with E-state index in [1.54, 1.807) is 4.90 Å². The SMILES string of the molecule is CC(C)C(O)(CC#CC[NH+]1CCCC1)c1ccccc1. The van der Waals surface area contributed by atoms with Crippen molar-refractivity contribution in [3.63, 3.8) is 0 Å². The molecule has 2 nitrogen and oxygen atoms in total. The lowest BCUT2D eigenvalue weighted by molar-refractivity contribution is -0.879. The molecule has 1 aliphatic heterocycles. The molecule has 1 saturated heterocycles. The zero-order valence-corrected chi connectivity index (χ0v) is 12.7. The van der Waals surface area contributed by atoms with E-state index in [0.29, 0.717) is 6.42 Å². The number of hydrogen-bond donors (Lipinski definition) is 2. The maximum atomic E-state index is 10.9. The summed E-state index contributed by atoms with van der Waals surface area (Å²) in [6.07, 6.45) is 3.18. The molecule has 1 heterocycles. The van der Waals surface area contributed by atoms with Gasteiger partial charge in [0.2, 0.25) is 0 Å². The minimum Gasteiger partial charge on any atom is -0.384 e. The van der Waals surface area contributed by atoms with Gasteiger partial charge < -0.3 is 10.0 Å². The van der Waals surface area contributed by atoms with Gasteiger partial charge in [-0.25, -0.2) is 0 Å². The summed E-state index contributed by atoms with van der Waals surface area (Å²) in [5, 5.41) is 10.9. The first-order chi connectivity index (χ1) is 9.63. The Morgan fingerprint density at radius 2 is 1.80 bits per heavy atom. The van der Waals surface area contributed by atoms with Crippen LogP contribution in [-0.2, 0) is 5.60 Å². The minimum atomic E-state index is -0.839. The topological polar surface area (TPSA) is 24.7 Å². The van der Waals surface area contributed by atoms with Gasteiger partial charge in [-0.1, -0.05) is 50.1 Å². The highest BCUT2D eigenvalue weighted by atomic mass is 16.3. The summed E-state index contributed by atoms with van der Waals surface area (Å²) < 4.78 is 0. The van der Waals surface area contributed by atoms with Crippen LogP contribution in [0.2, 0.25) is 0 Å². The molecule has 1 atom stereocenters. The van der Waals surface area contributed by atoms with Gasteiger partial charge >= 0.3 is 0 Å². The van der Waals surface area contributed by atoms with Crippen molar-refractivity contribution in [1.82, 2.24) is 0 Å². The summed E-state index contributed by atoms with van der Waals surface area (Å²) >= 11 is 0. The molecule has 1 aliphatic rings. The highest BCUT2D eigenvalue weighted by molar-refractivity contribution is 5.25. The minimum absolute atomic E-state index is 0.151. The Morgan fingerprint density at radius 3 is 2.40 bits per heavy atom. The molecule has 1 aromatic rings. The van der Waals surface area contributed by atoms with E-state index in [0.717, 1.165) is 12.1 Å². The summed E-state index contributed by atoms with van der Waals surface area (Å²) in [4.78, 5) is 1.59. The fourth-order valence-electron chi connectivity index (χ4n) is 2.80. The van der Waals surface area contributed by atoms with Crippen molar-refractivity contribution >= 4 is 0 Å². The molecule has 20 heavy (non-hydrogen) atoms. The largest absolute Gasteiger partial charge is 0.384 e. The standard InChI is InChI=1S/C18H25NO/c1-16(2)18(20,17-10-4-3-5-11-17)12-6-7-13-19-14-8-9-15-19/h3-5,10-11,16,20H,8-9,12-15H2,1-2H3/p+1. The Hall–Kier alpha value is -1.30. The van der Waals surface area contributed by atoms with Crippen LogP contribution in [-0.4, -0.2) is 24.7 Å². The third-order valence-corrected chi connectivity index (χ3v) is 4.36. The lowest BCUT2D eigenvalue weighted by Gasteiger charge is -2.31. The monoisotopic (exact) mass is 272 g/mol. The Labute approximate surface area is 122 Å². The molecular formula is C18H26NO+. The van der Waals surface area contributed by atoms with Gasteiger partial charge in [-0.05, 0) is 17.4 Å². The number of rotatable bonds is 4. The smallest absolute Gasteiger partial charge is 0.139 e. The van der Waals surface area contributed by atoms with Crippen LogP contribution in [0.1, 0.15) is 38.7 Å². The molecule has 0 saturated carbocycles. The van der Waals surface area contributed by atoms with E-state index in [4.69, 9.17) is 0 Å². The van der Waals surface area contributed by atoms with Crippen LogP contribution < -0.4 is 4.90 Å². The predicted molar refractivity (Wildman–Crippen MR) is 82.4 cm³/mol. The molecule has 0 aromatic heterocycles. The number of nitrogens with one attached hydrogen (secondary N) is 1. The Bertz CT molecular complexity index is 465. The maximum absolute atomic E-state index is 10.9. The van der Waals surface area contributed by atoms with Crippen molar-refractivity contribution in [3.05, 3.63) is 35.9 Å². The van der Waals surface area contributed by atoms with Gasteiger partial charge in [0.05, 0.1) is 13.1 Å². The highest BCUT2D eigenvalue weighted by Gasteiger charge is 2.32. The third kappa shape index (κ3) is 3.62. The van der Waals surface area contributed by atoms with Gasteiger partial charge in [-0.3, -0.25) is 0 Å². The highest BCUT2D eigenvalue weighted by Crippen LogP contribution is 2.32. The van der Waals surface area contributed by atoms with Crippen molar-refractivity contribution in [1.29, 1.82) is 0 Å². The molecule has 1 aromatic carbocycles. The van der Waals surface area contributed by atoms with Gasteiger partial charge in [0, 0.05) is 19.3 Å². The Morgan fingerprint density at radius 1 is 1.15 bits per heavy atom. The zero-order chi connectivity index (χ0) is 14.4. The van der Waals surface area contributed by atoms with Crippen LogP contribution in [0, 0.1) is 17.8 Å². The van der Waals surface area contributed by atoms with Gasteiger partial charge in [-0.15, -0.1) is 0 Å². The molecule has 108 valence electrons. The molecule has 0 radical (unpaired) electrons. The van der Waals surface area contributed by atoms with Gasteiger partial charge in [0.15, 0.2) is 0 Å². The first-order valence-electron chi connectivity index (χ1n) is 7.70. The third-order valence-electron chi connectivity index (χ3n) is 4.36. The number of likely N-dealkylation sites (tertiary alicyclic amines) is 1. The lowest BCUT2D eigenvalue weighted by Crippen LogP contribution is -3.09. The average Bonchev–Trinajstić information content (AvgIpc) is 2.97. The van der Waals surface area contributed by atoms with Gasteiger partial charge in [0.25, 0.3) is 0 Å². The van der Waals surface area contributed by atoms with Crippen molar-refractivity contribution in [2.24, 2.45) is 5.92 Å². The van der Waals surface area contributed by atoms with E-state index in [2.05, 4.69) is 25.7 Å². The fraction of sp³-hybridized carbons (Fsp3) is 0.556. The van der Waals surface area contributed by atoms with Crippen molar-refractivity contribution in [3.8, 4) is 11.8 Å². The first kappa shape index (κ1) is 15.1. The van der Waals surface area contributed by atoms with Crippen LogP contribution in [0.5, 0.6) is 0 Å². The fourth-order valence-corrected chi connectivity index (χ4v) is 2.80. The summed E-state index contributed by atoms with van der Waals surface area (Å²) in [5.74, 6) is 6.62. The molecule has 0 amide bonds. The van der Waals surface area contributed by atoms with E-state index < -0.39 is 5.60 Å². The molecule has 0 aliphatic carbocycles. The molecular weight excluding hydrogens is 246 g/mol. The number of hydrogen-bond acceptors (Lipinski definition) is 1. The Balaban J connectivity index is 2.01. The van der Waals surface area contributed by atoms with E-state index in [-0.39, 0.29) is 5.92 Å². The molecule has 1 unspecified atom stereocenters. The van der Waals surface area contributed by atoms with Crippen LogP contribution >= 0.6 is 0 Å². The molecule has 2 heteroatoms. The van der Waals surface area contributed by atoms with Crippen LogP contribution in [0.4, 0.5) is 0 Å². The number of quaternary nitrogens is 1. The van der Waals surface area contributed by atoms with Crippen LogP contribution in [0.3, 0.4) is 0 Å². The Kier molecular flexibility index (Phi) is 5.23. The second-order valence-corrected chi connectivity index (χ2v) is 6.11. The van der Waals surface area contributed by atoms with E-state index in [9.17, 15) is 5.11 Å². The van der Waals surface area contributed by atoms with Gasteiger partial charge in [-0.2, -0.15) is 0 Å². The van der Waals surface area contributed by atoms with E-state index in [1.807, 2.05) is 30.3 Å². The molecule has 0 spiro atoms. The maximum Gasteiger partial charge on any atom is 0.139 e. The van der Waals surface area contributed by atoms with Gasteiger partial charge in [0.1, 0.15) is 12.1 Å². The predicted octanol–water partition coefficient (Wildman–Crippen LogP) is 1.60. The second-order valence-electron chi connectivity index (χ2n) is 6.11. The number of aliphatic hydroxyl groups is 1. The molecule has 0 bridgehead atoms.